The summed E-state index contributed by atoms with van der Waals surface area (Å²) < 4.78 is 23.3. The second-order valence-corrected chi connectivity index (χ2v) is 5.17. The third kappa shape index (κ3) is 2.34. The highest BCUT2D eigenvalue weighted by Crippen LogP contribution is 2.08. The van der Waals surface area contributed by atoms with Crippen LogP contribution in [0.15, 0.2) is 23.6 Å². The van der Waals surface area contributed by atoms with E-state index in [9.17, 15) is 8.42 Å². The maximum Gasteiger partial charge on any atom is 0.298 e. The maximum absolute atomic E-state index is 10.8. The molecule has 0 aliphatic heterocycles. The lowest BCUT2D eigenvalue weighted by atomic mass is 10.6. The number of rotatable bonds is 3. The van der Waals surface area contributed by atoms with E-state index in [0.717, 1.165) is 0 Å². The van der Waals surface area contributed by atoms with Crippen LogP contribution in [0, 0.1) is 0 Å². The second-order valence-electron chi connectivity index (χ2n) is 2.71. The SMILES string of the molecule is O=S(=O)(Cl)c1n[nH]c(Cn2cccn2)n1. The summed E-state index contributed by atoms with van der Waals surface area (Å²) >= 11 is 0. The molecule has 2 heterocycles. The van der Waals surface area contributed by atoms with E-state index >= 15 is 0 Å². The molecule has 0 aromatic carbocycles. The molecule has 80 valence electrons. The first-order valence-corrected chi connectivity index (χ1v) is 6.20. The number of halogens is 1. The van der Waals surface area contributed by atoms with Gasteiger partial charge in [-0.1, -0.05) is 0 Å². The van der Waals surface area contributed by atoms with Gasteiger partial charge in [-0.2, -0.15) is 10.1 Å². The number of nitrogens with one attached hydrogen (secondary N) is 1. The van der Waals surface area contributed by atoms with Crippen molar-refractivity contribution in [2.75, 3.05) is 0 Å². The molecule has 0 amide bonds. The standard InChI is InChI=1S/C6H6ClN5O2S/c7-15(13,14)6-9-5(10-11-6)4-12-3-1-2-8-12/h1-3H,4H2,(H,9,10,11). The Morgan fingerprint density at radius 1 is 1.53 bits per heavy atom. The van der Waals surface area contributed by atoms with Gasteiger partial charge in [0.05, 0.1) is 0 Å². The Labute approximate surface area is 89.5 Å². The van der Waals surface area contributed by atoms with E-state index in [2.05, 4.69) is 20.3 Å². The molecule has 7 nitrogen and oxygen atoms in total. The molecule has 0 spiro atoms. The number of aromatic nitrogens is 5. The maximum atomic E-state index is 10.8. The molecule has 15 heavy (non-hydrogen) atoms. The van der Waals surface area contributed by atoms with E-state index in [1.54, 1.807) is 23.1 Å². The van der Waals surface area contributed by atoms with Crippen molar-refractivity contribution in [3.63, 3.8) is 0 Å². The van der Waals surface area contributed by atoms with Crippen molar-refractivity contribution in [2.45, 2.75) is 11.7 Å². The zero-order valence-corrected chi connectivity index (χ0v) is 8.90. The van der Waals surface area contributed by atoms with Gasteiger partial charge in [0.2, 0.25) is 0 Å². The van der Waals surface area contributed by atoms with Crippen LogP contribution in [0.5, 0.6) is 0 Å². The highest BCUT2D eigenvalue weighted by Gasteiger charge is 2.16. The summed E-state index contributed by atoms with van der Waals surface area (Å²) in [5, 5.41) is 9.44. The minimum Gasteiger partial charge on any atom is -0.265 e. The van der Waals surface area contributed by atoms with Gasteiger partial charge in [-0.25, -0.2) is 8.42 Å². The molecule has 0 aliphatic carbocycles. The minimum atomic E-state index is -3.87. The predicted octanol–water partition coefficient (Wildman–Crippen LogP) is -0.0230. The van der Waals surface area contributed by atoms with Crippen molar-refractivity contribution < 1.29 is 8.42 Å². The van der Waals surface area contributed by atoms with Gasteiger partial charge in [0.1, 0.15) is 12.4 Å². The summed E-state index contributed by atoms with van der Waals surface area (Å²) in [6.45, 7) is 0.312. The van der Waals surface area contributed by atoms with Crippen LogP contribution in [-0.2, 0) is 15.6 Å². The van der Waals surface area contributed by atoms with E-state index in [1.807, 2.05) is 0 Å². The highest BCUT2D eigenvalue weighted by molar-refractivity contribution is 8.13. The first kappa shape index (κ1) is 10.1. The van der Waals surface area contributed by atoms with Gasteiger partial charge >= 0.3 is 0 Å². The Morgan fingerprint density at radius 3 is 2.87 bits per heavy atom. The fourth-order valence-corrected chi connectivity index (χ4v) is 1.59. The average molecular weight is 248 g/mol. The zero-order valence-electron chi connectivity index (χ0n) is 7.33. The zero-order chi connectivity index (χ0) is 10.9. The number of hydrogen-bond acceptors (Lipinski definition) is 5. The van der Waals surface area contributed by atoms with Crippen molar-refractivity contribution in [3.05, 3.63) is 24.3 Å². The lowest BCUT2D eigenvalue weighted by Gasteiger charge is -1.94. The molecule has 9 heteroatoms. The lowest BCUT2D eigenvalue weighted by Crippen LogP contribution is -2.01. The number of aromatic amines is 1. The molecular formula is C6H6ClN5O2S. The van der Waals surface area contributed by atoms with Gasteiger partial charge in [0.15, 0.2) is 0 Å². The van der Waals surface area contributed by atoms with Gasteiger partial charge < -0.3 is 0 Å². The van der Waals surface area contributed by atoms with E-state index in [4.69, 9.17) is 10.7 Å². The summed E-state index contributed by atoms with van der Waals surface area (Å²) in [7, 11) is 1.19. The Balaban J connectivity index is 2.22. The predicted molar refractivity (Wildman–Crippen MR) is 50.8 cm³/mol. The largest absolute Gasteiger partial charge is 0.298 e. The van der Waals surface area contributed by atoms with Gasteiger partial charge in [-0.15, -0.1) is 5.10 Å². The Hall–Kier alpha value is -1.41. The van der Waals surface area contributed by atoms with Crippen LogP contribution in [0.1, 0.15) is 5.82 Å². The van der Waals surface area contributed by atoms with Crippen LogP contribution in [0.25, 0.3) is 0 Å². The highest BCUT2D eigenvalue weighted by atomic mass is 35.7. The van der Waals surface area contributed by atoms with Crippen molar-refractivity contribution in [2.24, 2.45) is 0 Å². The van der Waals surface area contributed by atoms with Crippen molar-refractivity contribution in [3.8, 4) is 0 Å². The number of hydrogen-bond donors (Lipinski definition) is 1. The van der Waals surface area contributed by atoms with Gasteiger partial charge in [0, 0.05) is 23.1 Å². The molecular weight excluding hydrogens is 242 g/mol. The normalized spacial score (nSPS) is 11.8. The quantitative estimate of drug-likeness (QED) is 0.769. The van der Waals surface area contributed by atoms with Crippen molar-refractivity contribution >= 4 is 19.7 Å². The number of H-pyrrole nitrogens is 1. The first-order chi connectivity index (χ1) is 7.05. The third-order valence-corrected chi connectivity index (χ3v) is 2.63. The Kier molecular flexibility index (Phi) is 2.45. The van der Waals surface area contributed by atoms with Crippen LogP contribution >= 0.6 is 10.7 Å². The molecule has 0 unspecified atom stereocenters. The van der Waals surface area contributed by atoms with Gasteiger partial charge in [-0.05, 0) is 6.07 Å². The van der Waals surface area contributed by atoms with Crippen LogP contribution < -0.4 is 0 Å². The topological polar surface area (TPSA) is 93.5 Å². The summed E-state index contributed by atoms with van der Waals surface area (Å²) in [4.78, 5) is 3.71. The summed E-state index contributed by atoms with van der Waals surface area (Å²) in [5.41, 5.74) is 0. The third-order valence-electron chi connectivity index (χ3n) is 1.60. The molecule has 0 radical (unpaired) electrons. The molecule has 0 fully saturated rings. The Bertz CT molecular complexity index is 546. The molecule has 0 bridgehead atoms. The minimum absolute atomic E-state index is 0.312. The molecule has 0 saturated carbocycles. The van der Waals surface area contributed by atoms with E-state index in [-0.39, 0.29) is 0 Å². The number of nitrogens with zero attached hydrogens (tertiary/aromatic N) is 4. The van der Waals surface area contributed by atoms with Crippen molar-refractivity contribution in [1.82, 2.24) is 25.0 Å². The fourth-order valence-electron chi connectivity index (χ4n) is 1.00. The monoisotopic (exact) mass is 247 g/mol. The smallest absolute Gasteiger partial charge is 0.265 e. The molecule has 0 atom stereocenters. The van der Waals surface area contributed by atoms with E-state index < -0.39 is 14.2 Å². The van der Waals surface area contributed by atoms with Gasteiger partial charge in [-0.3, -0.25) is 9.78 Å². The molecule has 1 N–H and O–H groups in total. The van der Waals surface area contributed by atoms with Crippen LogP contribution in [0.2, 0.25) is 0 Å². The summed E-state index contributed by atoms with van der Waals surface area (Å²) in [6, 6.07) is 1.75. The van der Waals surface area contributed by atoms with E-state index in [1.165, 1.54) is 0 Å². The summed E-state index contributed by atoms with van der Waals surface area (Å²) in [5.74, 6) is 0.373. The molecule has 2 aromatic rings. The van der Waals surface area contributed by atoms with Crippen LogP contribution in [0.4, 0.5) is 0 Å². The summed E-state index contributed by atoms with van der Waals surface area (Å²) in [6.07, 6.45) is 3.33. The molecule has 2 rings (SSSR count). The van der Waals surface area contributed by atoms with E-state index in [0.29, 0.717) is 12.4 Å². The first-order valence-electron chi connectivity index (χ1n) is 3.89. The second kappa shape index (κ2) is 3.63. The fraction of sp³-hybridized carbons (Fsp3) is 0.167. The molecule has 2 aromatic heterocycles. The van der Waals surface area contributed by atoms with Gasteiger partial charge in [0.25, 0.3) is 14.2 Å². The average Bonchev–Trinajstić information content (AvgIpc) is 2.73. The van der Waals surface area contributed by atoms with Crippen molar-refractivity contribution in [1.29, 1.82) is 0 Å². The van der Waals surface area contributed by atoms with Crippen LogP contribution in [0.3, 0.4) is 0 Å². The lowest BCUT2D eigenvalue weighted by molar-refractivity contribution is 0.601. The molecule has 0 aliphatic rings. The Morgan fingerprint density at radius 2 is 2.33 bits per heavy atom. The van der Waals surface area contributed by atoms with Crippen LogP contribution in [-0.4, -0.2) is 33.4 Å². The molecule has 0 saturated heterocycles.